The molecule has 1 fully saturated rings. The first-order chi connectivity index (χ1) is 21.9. The number of anilines is 1. The normalized spacial score (nSPS) is 15.6. The van der Waals surface area contributed by atoms with Gasteiger partial charge in [-0.1, -0.05) is 66.7 Å². The molecule has 0 saturated carbocycles. The Labute approximate surface area is 262 Å². The summed E-state index contributed by atoms with van der Waals surface area (Å²) in [5.41, 5.74) is 15.0. The SMILES string of the molecule is CN(C)C(=O)CN1CCCC(c2ccc(Cc3cc(-c4ccc5cn(Cc6ccccc6)nc5c4)c4c(N)ncnn34)cc2)C1. The van der Waals surface area contributed by atoms with E-state index in [-0.39, 0.29) is 5.91 Å². The van der Waals surface area contributed by atoms with Gasteiger partial charge in [0.25, 0.3) is 0 Å². The molecule has 228 valence electrons. The van der Waals surface area contributed by atoms with E-state index >= 15 is 0 Å². The number of carbonyl (C=O) groups is 1. The van der Waals surface area contributed by atoms with Gasteiger partial charge in [0.05, 0.1) is 18.6 Å². The minimum Gasteiger partial charge on any atom is -0.382 e. The first-order valence-electron chi connectivity index (χ1n) is 15.6. The van der Waals surface area contributed by atoms with Crippen LogP contribution in [0.1, 0.15) is 41.1 Å². The molecule has 1 aliphatic rings. The Hall–Kier alpha value is -5.02. The van der Waals surface area contributed by atoms with Gasteiger partial charge in [-0.3, -0.25) is 14.4 Å². The lowest BCUT2D eigenvalue weighted by molar-refractivity contribution is -0.130. The van der Waals surface area contributed by atoms with E-state index in [0.717, 1.165) is 65.7 Å². The second-order valence-electron chi connectivity index (χ2n) is 12.3. The van der Waals surface area contributed by atoms with Crippen molar-refractivity contribution >= 4 is 28.1 Å². The third-order valence-corrected chi connectivity index (χ3v) is 8.91. The highest BCUT2D eigenvalue weighted by Crippen LogP contribution is 2.33. The van der Waals surface area contributed by atoms with Crippen molar-refractivity contribution in [2.75, 3.05) is 39.5 Å². The van der Waals surface area contributed by atoms with E-state index < -0.39 is 0 Å². The summed E-state index contributed by atoms with van der Waals surface area (Å²) < 4.78 is 3.91. The fourth-order valence-corrected chi connectivity index (χ4v) is 6.49. The molecule has 1 aliphatic heterocycles. The van der Waals surface area contributed by atoms with Crippen LogP contribution in [-0.2, 0) is 17.8 Å². The van der Waals surface area contributed by atoms with Gasteiger partial charge in [-0.15, -0.1) is 0 Å². The number of likely N-dealkylation sites (N-methyl/N-ethyl adjacent to an activating group) is 1. The van der Waals surface area contributed by atoms with Crippen LogP contribution in [-0.4, -0.2) is 73.8 Å². The third-order valence-electron chi connectivity index (χ3n) is 8.91. The molecule has 4 heterocycles. The second-order valence-corrected chi connectivity index (χ2v) is 12.3. The zero-order chi connectivity index (χ0) is 30.9. The Balaban J connectivity index is 1.13. The summed E-state index contributed by atoms with van der Waals surface area (Å²) in [4.78, 5) is 20.5. The maximum absolute atomic E-state index is 12.3. The molecule has 1 unspecified atom stereocenters. The predicted molar refractivity (Wildman–Crippen MR) is 178 cm³/mol. The largest absolute Gasteiger partial charge is 0.382 e. The van der Waals surface area contributed by atoms with Crippen LogP contribution in [0.4, 0.5) is 5.82 Å². The van der Waals surface area contributed by atoms with E-state index in [4.69, 9.17) is 10.8 Å². The zero-order valence-electron chi connectivity index (χ0n) is 25.8. The highest BCUT2D eigenvalue weighted by Gasteiger charge is 2.23. The molecule has 6 aromatic rings. The molecule has 0 bridgehead atoms. The monoisotopic (exact) mass is 598 g/mol. The van der Waals surface area contributed by atoms with Crippen molar-refractivity contribution < 1.29 is 4.79 Å². The van der Waals surface area contributed by atoms with Crippen molar-refractivity contribution in [3.05, 3.63) is 114 Å². The number of hydrogen-bond acceptors (Lipinski definition) is 6. The number of likely N-dealkylation sites (tertiary alicyclic amines) is 1. The maximum atomic E-state index is 12.3. The van der Waals surface area contributed by atoms with Crippen molar-refractivity contribution in [1.29, 1.82) is 0 Å². The summed E-state index contributed by atoms with van der Waals surface area (Å²) in [5, 5.41) is 10.6. The van der Waals surface area contributed by atoms with Crippen LogP contribution in [0.15, 0.2) is 91.4 Å². The molecule has 45 heavy (non-hydrogen) atoms. The van der Waals surface area contributed by atoms with Crippen LogP contribution in [0.3, 0.4) is 0 Å². The molecule has 7 rings (SSSR count). The lowest BCUT2D eigenvalue weighted by atomic mass is 9.90. The fourth-order valence-electron chi connectivity index (χ4n) is 6.49. The summed E-state index contributed by atoms with van der Waals surface area (Å²) in [6.07, 6.45) is 6.56. The van der Waals surface area contributed by atoms with Gasteiger partial charge in [0.15, 0.2) is 5.82 Å². The smallest absolute Gasteiger partial charge is 0.236 e. The zero-order valence-corrected chi connectivity index (χ0v) is 25.8. The van der Waals surface area contributed by atoms with Crippen molar-refractivity contribution in [3.8, 4) is 11.1 Å². The van der Waals surface area contributed by atoms with Gasteiger partial charge in [-0.25, -0.2) is 9.50 Å². The summed E-state index contributed by atoms with van der Waals surface area (Å²) >= 11 is 0. The molecule has 0 aliphatic carbocycles. The van der Waals surface area contributed by atoms with Gasteiger partial charge in [0.2, 0.25) is 5.91 Å². The van der Waals surface area contributed by atoms with Gasteiger partial charge < -0.3 is 10.6 Å². The Morgan fingerprint density at radius 1 is 1.00 bits per heavy atom. The summed E-state index contributed by atoms with van der Waals surface area (Å²) in [6.45, 7) is 3.10. The van der Waals surface area contributed by atoms with E-state index in [1.54, 1.807) is 4.90 Å². The van der Waals surface area contributed by atoms with E-state index in [1.165, 1.54) is 23.0 Å². The summed E-state index contributed by atoms with van der Waals surface area (Å²) in [6, 6.07) is 27.8. The van der Waals surface area contributed by atoms with E-state index in [1.807, 2.05) is 29.4 Å². The van der Waals surface area contributed by atoms with E-state index in [0.29, 0.717) is 24.7 Å². The van der Waals surface area contributed by atoms with Crippen LogP contribution in [0.5, 0.6) is 0 Å². The molecule has 9 nitrogen and oxygen atoms in total. The minimum absolute atomic E-state index is 0.159. The Morgan fingerprint density at radius 2 is 1.82 bits per heavy atom. The van der Waals surface area contributed by atoms with Gasteiger partial charge in [-0.2, -0.15) is 10.2 Å². The van der Waals surface area contributed by atoms with Crippen LogP contribution in [0, 0.1) is 0 Å². The molecule has 1 saturated heterocycles. The van der Waals surface area contributed by atoms with Gasteiger partial charge in [-0.05, 0) is 59.7 Å². The van der Waals surface area contributed by atoms with Gasteiger partial charge >= 0.3 is 0 Å². The highest BCUT2D eigenvalue weighted by molar-refractivity contribution is 5.92. The molecular weight excluding hydrogens is 560 g/mol. The number of nitrogens with zero attached hydrogens (tertiary/aromatic N) is 7. The number of aromatic nitrogens is 5. The lowest BCUT2D eigenvalue weighted by Gasteiger charge is -2.33. The Bertz CT molecular complexity index is 1960. The first-order valence-corrected chi connectivity index (χ1v) is 15.6. The molecule has 1 amide bonds. The molecule has 9 heteroatoms. The predicted octanol–water partition coefficient (Wildman–Crippen LogP) is 5.23. The van der Waals surface area contributed by atoms with Crippen LogP contribution >= 0.6 is 0 Å². The maximum Gasteiger partial charge on any atom is 0.236 e. The highest BCUT2D eigenvalue weighted by atomic mass is 16.2. The number of nitrogens with two attached hydrogens (primary N) is 1. The summed E-state index contributed by atoms with van der Waals surface area (Å²) in [7, 11) is 3.64. The average molecular weight is 599 g/mol. The number of amides is 1. The van der Waals surface area contributed by atoms with Crippen LogP contribution < -0.4 is 5.73 Å². The number of rotatable bonds is 8. The molecule has 2 N–H and O–H groups in total. The van der Waals surface area contributed by atoms with Gasteiger partial charge in [0, 0.05) is 49.9 Å². The standard InChI is InChI=1S/C36H38N8O/c1-41(2)34(45)23-42-16-6-9-29(21-42)27-12-10-25(11-13-27)17-31-19-32(35-36(37)38-24-39-44(31)35)28-14-15-30-22-43(40-33(30)18-28)20-26-7-4-3-5-8-26/h3-5,7-8,10-15,18-19,22,24,29H,6,9,16-17,20-21,23H2,1-2H3,(H2,37,38,39). The summed E-state index contributed by atoms with van der Waals surface area (Å²) in [5.74, 6) is 1.04. The molecule has 3 aromatic heterocycles. The number of benzene rings is 3. The van der Waals surface area contributed by atoms with Crippen molar-refractivity contribution in [2.24, 2.45) is 0 Å². The Kier molecular flexibility index (Phi) is 7.77. The van der Waals surface area contributed by atoms with Crippen LogP contribution in [0.2, 0.25) is 0 Å². The third kappa shape index (κ3) is 6.04. The molecule has 3 aromatic carbocycles. The quantitative estimate of drug-likeness (QED) is 0.258. The number of piperidine rings is 1. The van der Waals surface area contributed by atoms with Crippen molar-refractivity contribution in [3.63, 3.8) is 0 Å². The first kappa shape index (κ1) is 28.7. The van der Waals surface area contributed by atoms with Crippen molar-refractivity contribution in [1.82, 2.24) is 34.2 Å². The lowest BCUT2D eigenvalue weighted by Crippen LogP contribution is -2.41. The molecule has 1 atom stereocenters. The number of hydrogen-bond donors (Lipinski definition) is 1. The fraction of sp³-hybridized carbons (Fsp3) is 0.278. The van der Waals surface area contributed by atoms with E-state index in [2.05, 4.69) is 94.0 Å². The molecular formula is C36H38N8O. The van der Waals surface area contributed by atoms with E-state index in [9.17, 15) is 4.79 Å². The second kappa shape index (κ2) is 12.2. The topological polar surface area (TPSA) is 97.6 Å². The van der Waals surface area contributed by atoms with Crippen molar-refractivity contribution in [2.45, 2.75) is 31.7 Å². The Morgan fingerprint density at radius 3 is 2.62 bits per heavy atom. The number of nitrogen functional groups attached to an aromatic ring is 1. The number of carbonyl (C=O) groups excluding carboxylic acids is 1. The minimum atomic E-state index is 0.159. The molecule has 0 spiro atoms. The molecule has 0 radical (unpaired) electrons. The average Bonchev–Trinajstić information content (AvgIpc) is 3.63. The number of fused-ring (bicyclic) bond motifs is 2. The van der Waals surface area contributed by atoms with Gasteiger partial charge in [0.1, 0.15) is 11.8 Å². The van der Waals surface area contributed by atoms with Crippen LogP contribution in [0.25, 0.3) is 27.5 Å².